The second-order valence-corrected chi connectivity index (χ2v) is 5.30. The Hall–Kier alpha value is -1.78. The molecule has 0 radical (unpaired) electrons. The molecule has 112 valence electrons. The molecule has 0 aliphatic carbocycles. The van der Waals surface area contributed by atoms with Crippen molar-refractivity contribution < 1.29 is 9.15 Å². The third-order valence-corrected chi connectivity index (χ3v) is 3.99. The van der Waals surface area contributed by atoms with E-state index < -0.39 is 0 Å². The van der Waals surface area contributed by atoms with Crippen LogP contribution in [0.1, 0.15) is 23.8 Å². The minimum atomic E-state index is 0.107. The van der Waals surface area contributed by atoms with E-state index >= 15 is 0 Å². The summed E-state index contributed by atoms with van der Waals surface area (Å²) in [5.74, 6) is 1.89. The van der Waals surface area contributed by atoms with E-state index in [1.165, 1.54) is 0 Å². The highest BCUT2D eigenvalue weighted by Gasteiger charge is 2.27. The average molecular weight is 286 g/mol. The highest BCUT2D eigenvalue weighted by Crippen LogP contribution is 2.35. The van der Waals surface area contributed by atoms with Crippen molar-refractivity contribution in [3.05, 3.63) is 54.0 Å². The lowest BCUT2D eigenvalue weighted by molar-refractivity contribution is 0.212. The molecular weight excluding hydrogens is 264 g/mol. The van der Waals surface area contributed by atoms with Gasteiger partial charge in [0.05, 0.1) is 19.4 Å². The molecule has 1 saturated heterocycles. The van der Waals surface area contributed by atoms with E-state index in [9.17, 15) is 0 Å². The lowest BCUT2D eigenvalue weighted by Crippen LogP contribution is -2.33. The van der Waals surface area contributed by atoms with Gasteiger partial charge in [-0.15, -0.1) is 0 Å². The zero-order valence-corrected chi connectivity index (χ0v) is 12.4. The van der Waals surface area contributed by atoms with Crippen molar-refractivity contribution in [2.45, 2.75) is 12.5 Å². The molecule has 3 rings (SSSR count). The molecule has 0 spiro atoms. The molecule has 1 aliphatic rings. The van der Waals surface area contributed by atoms with Gasteiger partial charge >= 0.3 is 0 Å². The first-order chi connectivity index (χ1) is 10.4. The normalized spacial score (nSPS) is 18.1. The fraction of sp³-hybridized carbons (Fsp3) is 0.412. The number of hydrogen-bond donors (Lipinski definition) is 1. The minimum Gasteiger partial charge on any atom is -0.496 e. The molecule has 0 bridgehead atoms. The van der Waals surface area contributed by atoms with E-state index in [1.807, 2.05) is 18.2 Å². The van der Waals surface area contributed by atoms with Crippen molar-refractivity contribution in [2.75, 3.05) is 33.3 Å². The number of hydrogen-bond acceptors (Lipinski definition) is 4. The maximum atomic E-state index is 5.73. The smallest absolute Gasteiger partial charge is 0.125 e. The number of nitrogens with zero attached hydrogens (tertiary/aromatic N) is 1. The van der Waals surface area contributed by atoms with Gasteiger partial charge in [0.15, 0.2) is 0 Å². The van der Waals surface area contributed by atoms with Crippen LogP contribution in [0.4, 0.5) is 0 Å². The van der Waals surface area contributed by atoms with Gasteiger partial charge in [-0.2, -0.15) is 0 Å². The van der Waals surface area contributed by atoms with Crippen LogP contribution in [0, 0.1) is 0 Å². The SMILES string of the molecule is COc1ccccc1C(c1ccco1)N1CCCNCC1. The first-order valence-electron chi connectivity index (χ1n) is 7.51. The number of methoxy groups -OCH3 is 1. The van der Waals surface area contributed by atoms with Crippen LogP contribution in [0.3, 0.4) is 0 Å². The number of nitrogens with one attached hydrogen (secondary N) is 1. The van der Waals surface area contributed by atoms with E-state index in [0.29, 0.717) is 0 Å². The largest absolute Gasteiger partial charge is 0.496 e. The van der Waals surface area contributed by atoms with Gasteiger partial charge in [0.2, 0.25) is 0 Å². The molecule has 1 atom stereocenters. The van der Waals surface area contributed by atoms with Crippen molar-refractivity contribution in [1.29, 1.82) is 0 Å². The summed E-state index contributed by atoms with van der Waals surface area (Å²) in [6.07, 6.45) is 2.89. The number of para-hydroxylation sites is 1. The van der Waals surface area contributed by atoms with Gasteiger partial charge in [-0.25, -0.2) is 0 Å². The van der Waals surface area contributed by atoms with E-state index in [0.717, 1.165) is 49.7 Å². The van der Waals surface area contributed by atoms with Crippen LogP contribution in [0.5, 0.6) is 5.75 Å². The lowest BCUT2D eigenvalue weighted by atomic mass is 10.0. The standard InChI is InChI=1S/C17H22N2O2/c1-20-15-7-3-2-6-14(15)17(16-8-4-13-21-16)19-11-5-9-18-10-12-19/h2-4,6-8,13,17-18H,5,9-12H2,1H3. The molecule has 1 aromatic heterocycles. The zero-order chi connectivity index (χ0) is 14.5. The summed E-state index contributed by atoms with van der Waals surface area (Å²) < 4.78 is 11.3. The minimum absolute atomic E-state index is 0.107. The highest BCUT2D eigenvalue weighted by molar-refractivity contribution is 5.39. The molecule has 4 nitrogen and oxygen atoms in total. The summed E-state index contributed by atoms with van der Waals surface area (Å²) in [5.41, 5.74) is 1.16. The van der Waals surface area contributed by atoms with E-state index in [-0.39, 0.29) is 6.04 Å². The summed E-state index contributed by atoms with van der Waals surface area (Å²) in [5, 5.41) is 3.45. The summed E-state index contributed by atoms with van der Waals surface area (Å²) in [4.78, 5) is 2.47. The summed E-state index contributed by atoms with van der Waals surface area (Å²) in [7, 11) is 1.72. The zero-order valence-electron chi connectivity index (χ0n) is 12.4. The topological polar surface area (TPSA) is 37.6 Å². The van der Waals surface area contributed by atoms with Crippen molar-refractivity contribution in [2.24, 2.45) is 0 Å². The van der Waals surface area contributed by atoms with E-state index in [4.69, 9.17) is 9.15 Å². The molecule has 21 heavy (non-hydrogen) atoms. The molecule has 1 fully saturated rings. The van der Waals surface area contributed by atoms with Crippen molar-refractivity contribution in [3.8, 4) is 5.75 Å². The average Bonchev–Trinajstić information content (AvgIpc) is 2.91. The van der Waals surface area contributed by atoms with Gasteiger partial charge in [0.25, 0.3) is 0 Å². The monoisotopic (exact) mass is 286 g/mol. The Kier molecular flexibility index (Phi) is 4.58. The predicted octanol–water partition coefficient (Wildman–Crippen LogP) is 2.67. The first kappa shape index (κ1) is 14.2. The van der Waals surface area contributed by atoms with Gasteiger partial charge in [0.1, 0.15) is 11.5 Å². The van der Waals surface area contributed by atoms with E-state index in [2.05, 4.69) is 28.4 Å². The Balaban J connectivity index is 1.99. The Morgan fingerprint density at radius 3 is 2.86 bits per heavy atom. The van der Waals surface area contributed by atoms with Crippen LogP contribution in [0.25, 0.3) is 0 Å². The fourth-order valence-corrected chi connectivity index (χ4v) is 2.99. The highest BCUT2D eigenvalue weighted by atomic mass is 16.5. The number of ether oxygens (including phenoxy) is 1. The number of benzene rings is 1. The van der Waals surface area contributed by atoms with Crippen molar-refractivity contribution >= 4 is 0 Å². The molecule has 1 aliphatic heterocycles. The van der Waals surface area contributed by atoms with Gasteiger partial charge in [-0.3, -0.25) is 4.90 Å². The maximum Gasteiger partial charge on any atom is 0.125 e. The van der Waals surface area contributed by atoms with Crippen LogP contribution < -0.4 is 10.1 Å². The maximum absolute atomic E-state index is 5.73. The summed E-state index contributed by atoms with van der Waals surface area (Å²) in [6.45, 7) is 4.14. The van der Waals surface area contributed by atoms with Gasteiger partial charge in [-0.1, -0.05) is 18.2 Å². The number of furan rings is 1. The molecular formula is C17H22N2O2. The van der Waals surface area contributed by atoms with Crippen LogP contribution in [-0.2, 0) is 0 Å². The van der Waals surface area contributed by atoms with Crippen molar-refractivity contribution in [3.63, 3.8) is 0 Å². The fourth-order valence-electron chi connectivity index (χ4n) is 2.99. The molecule has 1 unspecified atom stereocenters. The third kappa shape index (κ3) is 3.12. The molecule has 2 heterocycles. The predicted molar refractivity (Wildman–Crippen MR) is 82.6 cm³/mol. The Morgan fingerprint density at radius 1 is 1.14 bits per heavy atom. The van der Waals surface area contributed by atoms with E-state index in [1.54, 1.807) is 13.4 Å². The molecule has 1 aromatic carbocycles. The summed E-state index contributed by atoms with van der Waals surface area (Å²) >= 11 is 0. The van der Waals surface area contributed by atoms with Gasteiger partial charge in [-0.05, 0) is 31.2 Å². The Morgan fingerprint density at radius 2 is 2.05 bits per heavy atom. The van der Waals surface area contributed by atoms with Crippen LogP contribution in [0.15, 0.2) is 47.1 Å². The van der Waals surface area contributed by atoms with Gasteiger partial charge in [0, 0.05) is 25.2 Å². The first-order valence-corrected chi connectivity index (χ1v) is 7.51. The molecule has 0 saturated carbocycles. The molecule has 4 heteroatoms. The third-order valence-electron chi connectivity index (χ3n) is 3.99. The van der Waals surface area contributed by atoms with Gasteiger partial charge < -0.3 is 14.5 Å². The lowest BCUT2D eigenvalue weighted by Gasteiger charge is -2.30. The second kappa shape index (κ2) is 6.78. The Bertz CT molecular complexity index is 546. The molecule has 0 amide bonds. The van der Waals surface area contributed by atoms with Crippen LogP contribution in [0.2, 0.25) is 0 Å². The second-order valence-electron chi connectivity index (χ2n) is 5.30. The van der Waals surface area contributed by atoms with Crippen molar-refractivity contribution in [1.82, 2.24) is 10.2 Å². The quantitative estimate of drug-likeness (QED) is 0.937. The molecule has 1 N–H and O–H groups in total. The van der Waals surface area contributed by atoms with Crippen LogP contribution >= 0.6 is 0 Å². The molecule has 2 aromatic rings. The number of rotatable bonds is 4. The summed E-state index contributed by atoms with van der Waals surface area (Å²) in [6, 6.07) is 12.3. The Labute approximate surface area is 125 Å². The van der Waals surface area contributed by atoms with Crippen LogP contribution in [-0.4, -0.2) is 38.2 Å².